The minimum atomic E-state index is -0.0284. The van der Waals surface area contributed by atoms with E-state index in [1.54, 1.807) is 24.3 Å². The average molecular weight is 203 g/mol. The number of aromatic hydroxyl groups is 1. The van der Waals surface area contributed by atoms with E-state index in [-0.39, 0.29) is 23.6 Å². The van der Waals surface area contributed by atoms with Crippen LogP contribution >= 0.6 is 0 Å². The van der Waals surface area contributed by atoms with Crippen LogP contribution in [-0.4, -0.2) is 17.1 Å². The molecule has 3 heteroatoms. The van der Waals surface area contributed by atoms with Crippen molar-refractivity contribution in [3.05, 3.63) is 42.5 Å². The molecular weight excluding hydrogens is 190 g/mol. The summed E-state index contributed by atoms with van der Waals surface area (Å²) in [5.74, 6) is 0.352. The number of carbonyl (C=O) groups is 1. The number of carbonyl (C=O) groups excluding carboxylic acids is 1. The van der Waals surface area contributed by atoms with E-state index in [0.717, 1.165) is 5.56 Å². The Kier molecular flexibility index (Phi) is 2.46. The molecule has 2 atom stereocenters. The van der Waals surface area contributed by atoms with Gasteiger partial charge in [-0.05, 0) is 17.7 Å². The van der Waals surface area contributed by atoms with Gasteiger partial charge in [0.1, 0.15) is 5.75 Å². The minimum absolute atomic E-state index is 0.0284. The predicted molar refractivity (Wildman–Crippen MR) is 57.6 cm³/mol. The van der Waals surface area contributed by atoms with Crippen molar-refractivity contribution in [1.82, 2.24) is 5.32 Å². The molecule has 0 aliphatic carbocycles. The number of phenols is 1. The Morgan fingerprint density at radius 2 is 2.33 bits per heavy atom. The van der Waals surface area contributed by atoms with Crippen molar-refractivity contribution in [2.75, 3.05) is 0 Å². The van der Waals surface area contributed by atoms with Gasteiger partial charge in [0, 0.05) is 12.3 Å². The molecule has 1 aromatic rings. The molecule has 0 aromatic heterocycles. The summed E-state index contributed by atoms with van der Waals surface area (Å²) in [4.78, 5) is 11.3. The van der Waals surface area contributed by atoms with Crippen molar-refractivity contribution in [3.63, 3.8) is 0 Å². The first kappa shape index (κ1) is 9.77. The molecule has 2 unspecified atom stereocenters. The summed E-state index contributed by atoms with van der Waals surface area (Å²) >= 11 is 0. The van der Waals surface area contributed by atoms with Gasteiger partial charge < -0.3 is 10.4 Å². The van der Waals surface area contributed by atoms with Gasteiger partial charge in [0.05, 0.1) is 6.04 Å². The molecule has 1 aliphatic heterocycles. The van der Waals surface area contributed by atoms with Crippen LogP contribution < -0.4 is 5.32 Å². The van der Waals surface area contributed by atoms with Crippen LogP contribution in [0.25, 0.3) is 0 Å². The highest BCUT2D eigenvalue weighted by Gasteiger charge is 2.31. The standard InChI is InChI=1S/C12H13NO2/c1-2-11-10(7-12(15)13-11)8-4-3-5-9(14)6-8/h2-6,10-11,14H,1,7H2,(H,13,15). The molecule has 1 fully saturated rings. The lowest BCUT2D eigenvalue weighted by atomic mass is 9.92. The Hall–Kier alpha value is -1.77. The lowest BCUT2D eigenvalue weighted by Gasteiger charge is -2.15. The Labute approximate surface area is 88.4 Å². The normalized spacial score (nSPS) is 24.9. The van der Waals surface area contributed by atoms with Gasteiger partial charge in [-0.2, -0.15) is 0 Å². The molecule has 3 nitrogen and oxygen atoms in total. The number of nitrogens with one attached hydrogen (secondary N) is 1. The number of benzene rings is 1. The molecule has 0 radical (unpaired) electrons. The van der Waals surface area contributed by atoms with Crippen molar-refractivity contribution in [1.29, 1.82) is 0 Å². The summed E-state index contributed by atoms with van der Waals surface area (Å²) in [7, 11) is 0. The molecule has 0 saturated carbocycles. The first-order valence-electron chi connectivity index (χ1n) is 4.91. The largest absolute Gasteiger partial charge is 0.508 e. The van der Waals surface area contributed by atoms with Crippen LogP contribution in [0.1, 0.15) is 17.9 Å². The summed E-state index contributed by atoms with van der Waals surface area (Å²) in [6, 6.07) is 6.99. The van der Waals surface area contributed by atoms with E-state index >= 15 is 0 Å². The number of rotatable bonds is 2. The maximum absolute atomic E-state index is 11.3. The molecular formula is C12H13NO2. The fraction of sp³-hybridized carbons (Fsp3) is 0.250. The van der Waals surface area contributed by atoms with Gasteiger partial charge in [-0.3, -0.25) is 4.79 Å². The second-order valence-electron chi connectivity index (χ2n) is 3.73. The van der Waals surface area contributed by atoms with Crippen LogP contribution in [0, 0.1) is 0 Å². The highest BCUT2D eigenvalue weighted by atomic mass is 16.3. The van der Waals surface area contributed by atoms with Gasteiger partial charge in [0.15, 0.2) is 0 Å². The molecule has 2 N–H and O–H groups in total. The highest BCUT2D eigenvalue weighted by Crippen LogP contribution is 2.30. The summed E-state index contributed by atoms with van der Waals surface area (Å²) in [6.45, 7) is 3.70. The van der Waals surface area contributed by atoms with Crippen molar-refractivity contribution < 1.29 is 9.90 Å². The van der Waals surface area contributed by atoms with E-state index in [0.29, 0.717) is 6.42 Å². The third-order valence-electron chi connectivity index (χ3n) is 2.72. The fourth-order valence-electron chi connectivity index (χ4n) is 1.98. The van der Waals surface area contributed by atoms with Crippen molar-refractivity contribution >= 4 is 5.91 Å². The SMILES string of the molecule is C=CC1NC(=O)CC1c1cccc(O)c1. The Morgan fingerprint density at radius 3 is 3.00 bits per heavy atom. The first-order valence-corrected chi connectivity index (χ1v) is 4.91. The van der Waals surface area contributed by atoms with Gasteiger partial charge in [-0.1, -0.05) is 18.2 Å². The van der Waals surface area contributed by atoms with Crippen LogP contribution in [0.2, 0.25) is 0 Å². The molecule has 78 valence electrons. The maximum Gasteiger partial charge on any atom is 0.221 e. The quantitative estimate of drug-likeness (QED) is 0.716. The van der Waals surface area contributed by atoms with Crippen LogP contribution in [0.4, 0.5) is 0 Å². The topological polar surface area (TPSA) is 49.3 Å². The summed E-state index contributed by atoms with van der Waals surface area (Å²) in [5, 5.41) is 12.2. The molecule has 2 rings (SSSR count). The first-order chi connectivity index (χ1) is 7.20. The summed E-state index contributed by atoms with van der Waals surface area (Å²) in [6.07, 6.45) is 2.19. The molecule has 0 bridgehead atoms. The minimum Gasteiger partial charge on any atom is -0.508 e. The highest BCUT2D eigenvalue weighted by molar-refractivity contribution is 5.80. The van der Waals surface area contributed by atoms with E-state index in [1.807, 2.05) is 6.07 Å². The fourth-order valence-corrected chi connectivity index (χ4v) is 1.98. The van der Waals surface area contributed by atoms with E-state index in [2.05, 4.69) is 11.9 Å². The predicted octanol–water partition coefficient (Wildman–Crippen LogP) is 1.55. The van der Waals surface area contributed by atoms with Crippen LogP contribution in [0.15, 0.2) is 36.9 Å². The van der Waals surface area contributed by atoms with Gasteiger partial charge in [-0.15, -0.1) is 6.58 Å². The average Bonchev–Trinajstić information content (AvgIpc) is 2.59. The molecule has 1 saturated heterocycles. The summed E-state index contributed by atoms with van der Waals surface area (Å²) in [5.41, 5.74) is 0.971. The number of phenolic OH excluding ortho intramolecular Hbond substituents is 1. The van der Waals surface area contributed by atoms with E-state index in [4.69, 9.17) is 0 Å². The van der Waals surface area contributed by atoms with Crippen LogP contribution in [-0.2, 0) is 4.79 Å². The molecule has 1 aliphatic rings. The van der Waals surface area contributed by atoms with E-state index in [1.165, 1.54) is 0 Å². The van der Waals surface area contributed by atoms with Gasteiger partial charge in [0.2, 0.25) is 5.91 Å². The number of hydrogen-bond acceptors (Lipinski definition) is 2. The van der Waals surface area contributed by atoms with Gasteiger partial charge in [0.25, 0.3) is 0 Å². The molecule has 1 amide bonds. The summed E-state index contributed by atoms with van der Waals surface area (Å²) < 4.78 is 0. The van der Waals surface area contributed by atoms with Gasteiger partial charge >= 0.3 is 0 Å². The van der Waals surface area contributed by atoms with Crippen molar-refractivity contribution in [2.24, 2.45) is 0 Å². The van der Waals surface area contributed by atoms with Crippen molar-refractivity contribution in [2.45, 2.75) is 18.4 Å². The zero-order valence-corrected chi connectivity index (χ0v) is 8.31. The zero-order valence-electron chi connectivity index (χ0n) is 8.31. The van der Waals surface area contributed by atoms with Crippen molar-refractivity contribution in [3.8, 4) is 5.75 Å². The second kappa shape index (κ2) is 3.77. The van der Waals surface area contributed by atoms with Gasteiger partial charge in [-0.25, -0.2) is 0 Å². The third-order valence-corrected chi connectivity index (χ3v) is 2.72. The number of hydrogen-bond donors (Lipinski definition) is 2. The monoisotopic (exact) mass is 203 g/mol. The van der Waals surface area contributed by atoms with E-state index < -0.39 is 0 Å². The smallest absolute Gasteiger partial charge is 0.221 e. The molecule has 15 heavy (non-hydrogen) atoms. The molecule has 0 spiro atoms. The lowest BCUT2D eigenvalue weighted by molar-refractivity contribution is -0.119. The Balaban J connectivity index is 2.30. The zero-order chi connectivity index (χ0) is 10.8. The second-order valence-corrected chi connectivity index (χ2v) is 3.73. The van der Waals surface area contributed by atoms with Crippen LogP contribution in [0.3, 0.4) is 0 Å². The molecule has 1 heterocycles. The molecule has 1 aromatic carbocycles. The maximum atomic E-state index is 11.3. The van der Waals surface area contributed by atoms with Crippen LogP contribution in [0.5, 0.6) is 5.75 Å². The Morgan fingerprint density at radius 1 is 1.53 bits per heavy atom. The Bertz CT molecular complexity index is 400. The third kappa shape index (κ3) is 1.86. The van der Waals surface area contributed by atoms with E-state index in [9.17, 15) is 9.90 Å². The number of amides is 1. The lowest BCUT2D eigenvalue weighted by Crippen LogP contribution is -2.25.